The number of hydrogen-bond donors (Lipinski definition) is 1. The van der Waals surface area contributed by atoms with Crippen LogP contribution < -0.4 is 5.73 Å². The van der Waals surface area contributed by atoms with E-state index in [9.17, 15) is 12.8 Å². The first-order chi connectivity index (χ1) is 5.05. The molecular formula is C6H12FNO2S. The van der Waals surface area contributed by atoms with E-state index in [-0.39, 0.29) is 24.0 Å². The smallest absolute Gasteiger partial charge is 0.150 e. The molecule has 0 aliphatic carbocycles. The minimum absolute atomic E-state index is 0.0225. The highest BCUT2D eigenvalue weighted by Gasteiger charge is 2.32. The summed E-state index contributed by atoms with van der Waals surface area (Å²) in [6.07, 6.45) is -0.715. The molecule has 2 N–H and O–H groups in total. The zero-order chi connectivity index (χ0) is 8.48. The summed E-state index contributed by atoms with van der Waals surface area (Å²) in [5.74, 6) is -0.256. The van der Waals surface area contributed by atoms with Gasteiger partial charge in [0.15, 0.2) is 9.84 Å². The molecule has 2 unspecified atom stereocenters. The average Bonchev–Trinajstić information content (AvgIpc) is 2.29. The lowest BCUT2D eigenvalue weighted by molar-refractivity contribution is 0.253. The summed E-state index contributed by atoms with van der Waals surface area (Å²) < 4.78 is 34.5. The van der Waals surface area contributed by atoms with E-state index >= 15 is 0 Å². The van der Waals surface area contributed by atoms with Crippen molar-refractivity contribution in [1.82, 2.24) is 0 Å². The Labute approximate surface area is 65.7 Å². The maximum Gasteiger partial charge on any atom is 0.150 e. The molecule has 1 rings (SSSR count). The molecule has 0 aromatic heterocycles. The zero-order valence-electron chi connectivity index (χ0n) is 6.16. The Morgan fingerprint density at radius 2 is 2.27 bits per heavy atom. The molecule has 0 saturated carbocycles. The molecule has 0 radical (unpaired) electrons. The number of rotatable bonds is 2. The van der Waals surface area contributed by atoms with Crippen LogP contribution in [-0.2, 0) is 9.84 Å². The van der Waals surface area contributed by atoms with Crippen molar-refractivity contribution < 1.29 is 12.8 Å². The third-order valence-corrected chi connectivity index (χ3v) is 3.80. The van der Waals surface area contributed by atoms with Crippen LogP contribution in [0.15, 0.2) is 0 Å². The molecule has 1 aliphatic heterocycles. The van der Waals surface area contributed by atoms with Crippen molar-refractivity contribution in [3.63, 3.8) is 0 Å². The minimum Gasteiger partial charge on any atom is -0.328 e. The van der Waals surface area contributed by atoms with Crippen LogP contribution in [-0.4, -0.2) is 32.6 Å². The summed E-state index contributed by atoms with van der Waals surface area (Å²) in [4.78, 5) is 0. The Morgan fingerprint density at radius 1 is 1.64 bits per heavy atom. The van der Waals surface area contributed by atoms with E-state index < -0.39 is 16.0 Å². The van der Waals surface area contributed by atoms with Gasteiger partial charge in [-0.15, -0.1) is 0 Å². The van der Waals surface area contributed by atoms with Gasteiger partial charge in [-0.2, -0.15) is 0 Å². The first kappa shape index (κ1) is 8.93. The molecule has 0 aromatic rings. The van der Waals surface area contributed by atoms with Crippen molar-refractivity contribution in [3.8, 4) is 0 Å². The fourth-order valence-corrected chi connectivity index (χ4v) is 3.16. The van der Waals surface area contributed by atoms with E-state index in [4.69, 9.17) is 5.73 Å². The Kier molecular flexibility index (Phi) is 2.49. The van der Waals surface area contributed by atoms with Crippen LogP contribution in [0.3, 0.4) is 0 Å². The predicted molar refractivity (Wildman–Crippen MR) is 40.7 cm³/mol. The highest BCUT2D eigenvalue weighted by atomic mass is 32.2. The summed E-state index contributed by atoms with van der Waals surface area (Å²) in [7, 11) is -2.95. The third-order valence-electron chi connectivity index (χ3n) is 2.00. The largest absolute Gasteiger partial charge is 0.328 e. The Hall–Kier alpha value is -0.160. The lowest BCUT2D eigenvalue weighted by atomic mass is 10.0. The lowest BCUT2D eigenvalue weighted by Crippen LogP contribution is -2.25. The number of alkyl halides is 1. The molecule has 1 heterocycles. The van der Waals surface area contributed by atoms with Crippen LogP contribution in [0, 0.1) is 5.92 Å². The Balaban J connectivity index is 2.55. The van der Waals surface area contributed by atoms with Gasteiger partial charge in [-0.25, -0.2) is 12.8 Å². The fourth-order valence-electron chi connectivity index (χ4n) is 1.30. The van der Waals surface area contributed by atoms with Gasteiger partial charge in [0.2, 0.25) is 0 Å². The van der Waals surface area contributed by atoms with Gasteiger partial charge in [0.1, 0.15) is 6.17 Å². The van der Waals surface area contributed by atoms with Crippen LogP contribution in [0.1, 0.15) is 6.42 Å². The van der Waals surface area contributed by atoms with E-state index in [1.54, 1.807) is 0 Å². The summed E-state index contributed by atoms with van der Waals surface area (Å²) >= 11 is 0. The molecule has 11 heavy (non-hydrogen) atoms. The topological polar surface area (TPSA) is 60.2 Å². The van der Waals surface area contributed by atoms with Crippen LogP contribution in [0.2, 0.25) is 0 Å². The molecule has 0 aromatic carbocycles. The summed E-state index contributed by atoms with van der Waals surface area (Å²) in [5.41, 5.74) is 5.07. The van der Waals surface area contributed by atoms with E-state index in [0.717, 1.165) is 0 Å². The number of halogens is 1. The van der Waals surface area contributed by atoms with Crippen LogP contribution in [0.5, 0.6) is 0 Å². The molecule has 2 atom stereocenters. The van der Waals surface area contributed by atoms with Crippen molar-refractivity contribution in [2.24, 2.45) is 11.7 Å². The van der Waals surface area contributed by atoms with Crippen LogP contribution in [0.25, 0.3) is 0 Å². The van der Waals surface area contributed by atoms with Gasteiger partial charge >= 0.3 is 0 Å². The third kappa shape index (κ3) is 2.13. The van der Waals surface area contributed by atoms with Gasteiger partial charge in [-0.1, -0.05) is 0 Å². The predicted octanol–water partition coefficient (Wildman–Crippen LogP) is -0.282. The fraction of sp³-hybridized carbons (Fsp3) is 1.00. The highest BCUT2D eigenvalue weighted by molar-refractivity contribution is 7.91. The van der Waals surface area contributed by atoms with Crippen molar-refractivity contribution >= 4 is 9.84 Å². The van der Waals surface area contributed by atoms with Gasteiger partial charge in [0, 0.05) is 12.5 Å². The van der Waals surface area contributed by atoms with Gasteiger partial charge in [-0.3, -0.25) is 0 Å². The standard InChI is InChI=1S/C6H12FNO2S/c7-6(3-8)5-1-2-11(9,10)4-5/h5-6H,1-4,8H2. The van der Waals surface area contributed by atoms with Gasteiger partial charge in [-0.05, 0) is 6.42 Å². The van der Waals surface area contributed by atoms with Crippen LogP contribution in [0.4, 0.5) is 4.39 Å². The molecule has 0 spiro atoms. The minimum atomic E-state index is -2.95. The average molecular weight is 181 g/mol. The van der Waals surface area contributed by atoms with Gasteiger partial charge in [0.05, 0.1) is 11.5 Å². The maximum absolute atomic E-state index is 12.8. The molecule has 3 nitrogen and oxygen atoms in total. The maximum atomic E-state index is 12.8. The molecular weight excluding hydrogens is 169 g/mol. The second-order valence-corrected chi connectivity index (χ2v) is 5.14. The highest BCUT2D eigenvalue weighted by Crippen LogP contribution is 2.22. The molecule has 66 valence electrons. The molecule has 1 saturated heterocycles. The van der Waals surface area contributed by atoms with Crippen molar-refractivity contribution in [3.05, 3.63) is 0 Å². The van der Waals surface area contributed by atoms with E-state index in [0.29, 0.717) is 6.42 Å². The van der Waals surface area contributed by atoms with E-state index in [2.05, 4.69) is 0 Å². The van der Waals surface area contributed by atoms with Crippen LogP contribution >= 0.6 is 0 Å². The van der Waals surface area contributed by atoms with Crippen molar-refractivity contribution in [2.75, 3.05) is 18.1 Å². The summed E-state index contributed by atoms with van der Waals surface area (Å²) in [6, 6.07) is 0. The molecule has 5 heteroatoms. The quantitative estimate of drug-likeness (QED) is 0.637. The Bertz CT molecular complexity index is 227. The number of sulfone groups is 1. The summed E-state index contributed by atoms with van der Waals surface area (Å²) in [5, 5.41) is 0. The van der Waals surface area contributed by atoms with Gasteiger partial charge < -0.3 is 5.73 Å². The first-order valence-corrected chi connectivity index (χ1v) is 5.42. The molecule has 1 aliphatic rings. The number of nitrogens with two attached hydrogens (primary N) is 1. The number of hydrogen-bond acceptors (Lipinski definition) is 3. The van der Waals surface area contributed by atoms with Crippen molar-refractivity contribution in [1.29, 1.82) is 0 Å². The van der Waals surface area contributed by atoms with Gasteiger partial charge in [0.25, 0.3) is 0 Å². The molecule has 1 fully saturated rings. The molecule has 0 amide bonds. The zero-order valence-corrected chi connectivity index (χ0v) is 6.98. The Morgan fingerprint density at radius 3 is 2.64 bits per heavy atom. The molecule has 0 bridgehead atoms. The second-order valence-electron chi connectivity index (χ2n) is 2.91. The van der Waals surface area contributed by atoms with E-state index in [1.165, 1.54) is 0 Å². The summed E-state index contributed by atoms with van der Waals surface area (Å²) in [6.45, 7) is -0.0693. The normalized spacial score (nSPS) is 32.0. The van der Waals surface area contributed by atoms with E-state index in [1.807, 2.05) is 0 Å². The van der Waals surface area contributed by atoms with Crippen molar-refractivity contribution in [2.45, 2.75) is 12.6 Å². The second kappa shape index (κ2) is 3.06. The lowest BCUT2D eigenvalue weighted by Gasteiger charge is -2.10. The SMILES string of the molecule is NCC(F)C1CCS(=O)(=O)C1. The monoisotopic (exact) mass is 181 g/mol. The first-order valence-electron chi connectivity index (χ1n) is 3.60.